The van der Waals surface area contributed by atoms with E-state index in [2.05, 4.69) is 22.1 Å². The zero-order valence-corrected chi connectivity index (χ0v) is 3.76. The molecule has 8 nitrogen and oxygen atoms in total. The molecule has 0 fully saturated rings. The minimum atomic E-state index is -0.976. The summed E-state index contributed by atoms with van der Waals surface area (Å²) in [5.41, 5.74) is 0. The van der Waals surface area contributed by atoms with Gasteiger partial charge in [-0.3, -0.25) is 5.84 Å². The van der Waals surface area contributed by atoms with Crippen molar-refractivity contribution in [1.82, 2.24) is 5.23 Å². The first kappa shape index (κ1) is 6.56. The zero-order valence-electron chi connectivity index (χ0n) is 3.76. The minimum Gasteiger partial charge on any atom is -0.338 e. The first-order valence-electron chi connectivity index (χ1n) is 1.48. The molecule has 0 aromatic heterocycles. The fourth-order valence-corrected chi connectivity index (χ4v) is 0.0856. The van der Waals surface area contributed by atoms with E-state index in [0.717, 1.165) is 0 Å². The standard InChI is InChI=1S/H4N6O2/c1-3-4-5(2)6(7)8/h2H2,(H2,1,4). The molecule has 4 N–H and O–H groups in total. The van der Waals surface area contributed by atoms with Crippen LogP contribution in [0.25, 0.3) is 0 Å². The van der Waals surface area contributed by atoms with Crippen molar-refractivity contribution in [3.63, 3.8) is 0 Å². The van der Waals surface area contributed by atoms with Crippen LogP contribution in [0.2, 0.25) is 0 Å². The molecule has 0 atom stereocenters. The normalized spacial score (nSPS) is 9.62. The van der Waals surface area contributed by atoms with Gasteiger partial charge in [0, 0.05) is 0 Å². The van der Waals surface area contributed by atoms with E-state index in [0.29, 0.717) is 0 Å². The van der Waals surface area contributed by atoms with Crippen LogP contribution in [-0.2, 0) is 0 Å². The van der Waals surface area contributed by atoms with E-state index < -0.39 is 5.03 Å². The van der Waals surface area contributed by atoms with Gasteiger partial charge in [0.15, 0.2) is 0 Å². The van der Waals surface area contributed by atoms with Crippen LogP contribution in [0.15, 0.2) is 10.4 Å². The van der Waals surface area contributed by atoms with Crippen molar-refractivity contribution < 1.29 is 5.03 Å². The Morgan fingerprint density at radius 1 is 1.75 bits per heavy atom. The summed E-state index contributed by atoms with van der Waals surface area (Å²) in [6, 6.07) is 0. The van der Waals surface area contributed by atoms with Crippen LogP contribution >= 0.6 is 0 Å². The van der Waals surface area contributed by atoms with Crippen LogP contribution in [0.5, 0.6) is 0 Å². The number of nitro groups is 1. The van der Waals surface area contributed by atoms with Gasteiger partial charge in [0.25, 0.3) is 0 Å². The number of hydrogen-bond acceptors (Lipinski definition) is 5. The summed E-state index contributed by atoms with van der Waals surface area (Å²) in [5.74, 6) is 8.92. The Kier molecular flexibility index (Phi) is 2.20. The van der Waals surface area contributed by atoms with Gasteiger partial charge in [-0.1, -0.05) is 0 Å². The van der Waals surface area contributed by atoms with Crippen molar-refractivity contribution in [2.24, 2.45) is 22.1 Å². The lowest BCUT2D eigenvalue weighted by Crippen LogP contribution is -2.30. The summed E-state index contributed by atoms with van der Waals surface area (Å²) in [4.78, 5) is 9.49. The summed E-state index contributed by atoms with van der Waals surface area (Å²) >= 11 is 0. The zero-order chi connectivity index (χ0) is 6.57. The maximum atomic E-state index is 9.49. The lowest BCUT2D eigenvalue weighted by atomic mass is 12.1. The second-order valence-corrected chi connectivity index (χ2v) is 0.763. The quantitative estimate of drug-likeness (QED) is 0.200. The first-order chi connectivity index (χ1) is 3.68. The van der Waals surface area contributed by atoms with Crippen molar-refractivity contribution in [1.29, 1.82) is 0 Å². The van der Waals surface area contributed by atoms with E-state index in [9.17, 15) is 10.1 Å². The predicted molar refractivity (Wildman–Crippen MR) is 22.1 cm³/mol. The average Bonchev–Trinajstić information content (AvgIpc) is 1.67. The maximum absolute atomic E-state index is 9.49. The molecule has 0 amide bonds. The van der Waals surface area contributed by atoms with Gasteiger partial charge in [-0.15, -0.1) is 0 Å². The van der Waals surface area contributed by atoms with E-state index in [1.807, 2.05) is 0 Å². The molecule has 0 aromatic rings. The Morgan fingerprint density at radius 3 is 2.38 bits per heavy atom. The molecule has 0 aliphatic heterocycles. The largest absolute Gasteiger partial charge is 0.338 e. The number of hydrogen-bond donors (Lipinski definition) is 2. The summed E-state index contributed by atoms with van der Waals surface area (Å²) in [5, 5.41) is 13.6. The van der Waals surface area contributed by atoms with Gasteiger partial charge < -0.3 is 10.1 Å². The predicted octanol–water partition coefficient (Wildman–Crippen LogP) is -1.41. The first-order valence-corrected chi connectivity index (χ1v) is 1.48. The molecule has 0 radical (unpaired) electrons. The average molecular weight is 120 g/mol. The molecule has 0 unspecified atom stereocenters. The van der Waals surface area contributed by atoms with Crippen LogP contribution in [-0.4, -0.2) is 10.3 Å². The van der Waals surface area contributed by atoms with Crippen LogP contribution in [0, 0.1) is 10.1 Å². The topological polar surface area (TPSA) is 123 Å². The van der Waals surface area contributed by atoms with Crippen LogP contribution in [0.3, 0.4) is 0 Å². The van der Waals surface area contributed by atoms with Crippen molar-refractivity contribution in [3.05, 3.63) is 10.1 Å². The Balaban J connectivity index is 3.64. The highest BCUT2D eigenvalue weighted by Crippen LogP contribution is 1.75. The molecular weight excluding hydrogens is 116 g/mol. The molecule has 0 saturated carbocycles. The Hall–Kier alpha value is -1.44. The highest BCUT2D eigenvalue weighted by Gasteiger charge is 2.01. The van der Waals surface area contributed by atoms with Gasteiger partial charge in [0.05, 0.1) is 10.3 Å². The van der Waals surface area contributed by atoms with Crippen molar-refractivity contribution in [2.45, 2.75) is 0 Å². The van der Waals surface area contributed by atoms with Gasteiger partial charge >= 0.3 is 0 Å². The molecule has 0 rings (SSSR count). The fourth-order valence-electron chi connectivity index (χ4n) is 0.0856. The summed E-state index contributed by atoms with van der Waals surface area (Å²) < 4.78 is 0. The van der Waals surface area contributed by atoms with Crippen molar-refractivity contribution in [3.8, 4) is 0 Å². The highest BCUT2D eigenvalue weighted by molar-refractivity contribution is 4.02. The monoisotopic (exact) mass is 120 g/mol. The summed E-state index contributed by atoms with van der Waals surface area (Å²) in [6.45, 7) is 0. The molecule has 0 aromatic carbocycles. The smallest absolute Gasteiger partial charge is 0.213 e. The third-order valence-corrected chi connectivity index (χ3v) is 0.311. The lowest BCUT2D eigenvalue weighted by molar-refractivity contribution is -0.662. The van der Waals surface area contributed by atoms with Crippen LogP contribution in [0.1, 0.15) is 0 Å². The SMILES string of the molecule is NN=NN(N)[N+](=O)[O-]. The summed E-state index contributed by atoms with van der Waals surface area (Å²) in [6.07, 6.45) is 0. The molecule has 0 heterocycles. The van der Waals surface area contributed by atoms with Gasteiger partial charge in [-0.05, 0) is 0 Å². The van der Waals surface area contributed by atoms with Gasteiger partial charge in [0.2, 0.25) is 5.22 Å². The van der Waals surface area contributed by atoms with E-state index in [4.69, 9.17) is 0 Å². The molecule has 8 heteroatoms. The third kappa shape index (κ3) is 1.87. The fraction of sp³-hybridized carbons (Fsp3) is 0. The maximum Gasteiger partial charge on any atom is 0.213 e. The third-order valence-electron chi connectivity index (χ3n) is 0.311. The van der Waals surface area contributed by atoms with E-state index in [1.165, 1.54) is 0 Å². The van der Waals surface area contributed by atoms with Crippen LogP contribution < -0.4 is 11.7 Å². The van der Waals surface area contributed by atoms with E-state index in [-0.39, 0.29) is 5.23 Å². The lowest BCUT2D eigenvalue weighted by Gasteiger charge is -1.94. The molecule has 46 valence electrons. The molecule has 0 aliphatic carbocycles. The van der Waals surface area contributed by atoms with Crippen molar-refractivity contribution >= 4 is 0 Å². The Labute approximate surface area is 43.8 Å². The van der Waals surface area contributed by atoms with Crippen LogP contribution in [0.4, 0.5) is 0 Å². The molecule has 0 bridgehead atoms. The number of hydrazine groups is 2. The van der Waals surface area contributed by atoms with E-state index in [1.54, 1.807) is 0 Å². The number of rotatable bonds is 2. The molecule has 0 saturated heterocycles. The second kappa shape index (κ2) is 2.69. The van der Waals surface area contributed by atoms with Gasteiger partial charge in [0.1, 0.15) is 5.23 Å². The molecule has 8 heavy (non-hydrogen) atoms. The number of nitrogens with zero attached hydrogens (tertiary/aromatic N) is 4. The van der Waals surface area contributed by atoms with E-state index >= 15 is 0 Å². The van der Waals surface area contributed by atoms with Gasteiger partial charge in [-0.2, -0.15) is 5.84 Å². The molecule has 0 aliphatic rings. The number of nitrogens with two attached hydrogens (primary N) is 2. The molecule has 0 spiro atoms. The second-order valence-electron chi connectivity index (χ2n) is 0.763. The molecular formula is H4N6O2. The Bertz CT molecular complexity index is 105. The Morgan fingerprint density at radius 2 is 2.25 bits per heavy atom. The van der Waals surface area contributed by atoms with Gasteiger partial charge in [-0.25, -0.2) is 0 Å². The van der Waals surface area contributed by atoms with Crippen molar-refractivity contribution in [2.75, 3.05) is 0 Å². The minimum absolute atomic E-state index is 0.0972. The highest BCUT2D eigenvalue weighted by atomic mass is 16.7. The summed E-state index contributed by atoms with van der Waals surface area (Å²) in [7, 11) is 0.